The molecular formula is C20H28N2O3S. The van der Waals surface area contributed by atoms with Crippen LogP contribution in [-0.4, -0.2) is 38.9 Å². The van der Waals surface area contributed by atoms with Crippen LogP contribution in [0.4, 0.5) is 0 Å². The van der Waals surface area contributed by atoms with E-state index in [-0.39, 0.29) is 11.8 Å². The molecule has 6 heteroatoms. The zero-order valence-corrected chi connectivity index (χ0v) is 16.0. The summed E-state index contributed by atoms with van der Waals surface area (Å²) in [6.45, 7) is 5.06. The van der Waals surface area contributed by atoms with Gasteiger partial charge < -0.3 is 4.90 Å². The lowest BCUT2D eigenvalue weighted by atomic mass is 9.77. The van der Waals surface area contributed by atoms with Crippen LogP contribution >= 0.6 is 0 Å². The molecule has 142 valence electrons. The molecule has 1 atom stereocenters. The van der Waals surface area contributed by atoms with Crippen LogP contribution in [0.25, 0.3) is 0 Å². The summed E-state index contributed by atoms with van der Waals surface area (Å²) in [5.41, 5.74) is 0.723. The van der Waals surface area contributed by atoms with Crippen molar-refractivity contribution in [2.75, 3.05) is 19.6 Å². The molecule has 2 fully saturated rings. The number of carbonyl (C=O) groups is 1. The highest BCUT2D eigenvalue weighted by Crippen LogP contribution is 2.43. The quantitative estimate of drug-likeness (QED) is 0.830. The SMILES string of the molecule is C=CS(=O)(=O)NCC1CCCN(C(=O)C2(c3ccccc3)CCCC2)C1. The third kappa shape index (κ3) is 4.01. The van der Waals surface area contributed by atoms with Gasteiger partial charge in [0.2, 0.25) is 15.9 Å². The van der Waals surface area contributed by atoms with Crippen molar-refractivity contribution in [1.29, 1.82) is 0 Å². The van der Waals surface area contributed by atoms with Crippen LogP contribution in [0.3, 0.4) is 0 Å². The van der Waals surface area contributed by atoms with Gasteiger partial charge in [0.25, 0.3) is 0 Å². The van der Waals surface area contributed by atoms with Gasteiger partial charge in [0.05, 0.1) is 5.41 Å². The highest BCUT2D eigenvalue weighted by atomic mass is 32.2. The molecule has 1 aromatic rings. The maximum Gasteiger partial charge on any atom is 0.233 e. The fourth-order valence-corrected chi connectivity index (χ4v) is 4.96. The van der Waals surface area contributed by atoms with E-state index in [0.717, 1.165) is 56.0 Å². The number of likely N-dealkylation sites (tertiary alicyclic amines) is 1. The predicted octanol–water partition coefficient (Wildman–Crippen LogP) is 2.80. The van der Waals surface area contributed by atoms with Crippen LogP contribution < -0.4 is 4.72 Å². The van der Waals surface area contributed by atoms with E-state index >= 15 is 0 Å². The van der Waals surface area contributed by atoms with Gasteiger partial charge in [0.15, 0.2) is 0 Å². The minimum absolute atomic E-state index is 0.150. The van der Waals surface area contributed by atoms with Crippen LogP contribution in [0.15, 0.2) is 42.3 Å². The fourth-order valence-electron chi connectivity index (χ4n) is 4.37. The Labute approximate surface area is 156 Å². The Hall–Kier alpha value is -1.66. The number of rotatable bonds is 6. The predicted molar refractivity (Wildman–Crippen MR) is 103 cm³/mol. The van der Waals surface area contributed by atoms with Crippen molar-refractivity contribution >= 4 is 15.9 Å². The maximum atomic E-state index is 13.5. The van der Waals surface area contributed by atoms with Gasteiger partial charge in [0.1, 0.15) is 0 Å². The highest BCUT2D eigenvalue weighted by Gasteiger charge is 2.45. The van der Waals surface area contributed by atoms with E-state index in [4.69, 9.17) is 0 Å². The van der Waals surface area contributed by atoms with Gasteiger partial charge in [-0.3, -0.25) is 4.79 Å². The Morgan fingerprint density at radius 3 is 2.58 bits per heavy atom. The van der Waals surface area contributed by atoms with Crippen LogP contribution in [-0.2, 0) is 20.2 Å². The van der Waals surface area contributed by atoms with Crippen molar-refractivity contribution in [3.63, 3.8) is 0 Å². The van der Waals surface area contributed by atoms with E-state index in [9.17, 15) is 13.2 Å². The molecule has 2 aliphatic rings. The van der Waals surface area contributed by atoms with Crippen molar-refractivity contribution < 1.29 is 13.2 Å². The molecule has 3 rings (SSSR count). The summed E-state index contributed by atoms with van der Waals surface area (Å²) in [4.78, 5) is 15.5. The van der Waals surface area contributed by atoms with Crippen LogP contribution in [0.2, 0.25) is 0 Å². The number of amides is 1. The lowest BCUT2D eigenvalue weighted by molar-refractivity contribution is -0.139. The maximum absolute atomic E-state index is 13.5. The van der Waals surface area contributed by atoms with E-state index < -0.39 is 15.4 Å². The second-order valence-corrected chi connectivity index (χ2v) is 9.19. The number of benzene rings is 1. The largest absolute Gasteiger partial charge is 0.342 e. The molecule has 1 N–H and O–H groups in total. The summed E-state index contributed by atoms with van der Waals surface area (Å²) in [6.07, 6.45) is 5.81. The van der Waals surface area contributed by atoms with E-state index in [1.165, 1.54) is 0 Å². The molecule has 0 aromatic heterocycles. The molecule has 0 spiro atoms. The summed E-state index contributed by atoms with van der Waals surface area (Å²) in [5.74, 6) is 0.370. The number of nitrogens with one attached hydrogen (secondary N) is 1. The first-order valence-corrected chi connectivity index (χ1v) is 11.0. The van der Waals surface area contributed by atoms with Crippen molar-refractivity contribution in [3.05, 3.63) is 47.9 Å². The summed E-state index contributed by atoms with van der Waals surface area (Å²) in [6, 6.07) is 10.1. The molecule has 26 heavy (non-hydrogen) atoms. The molecular weight excluding hydrogens is 348 g/mol. The standard InChI is InChI=1S/C20H28N2O3S/c1-2-26(24,25)21-15-17-9-8-14-22(16-17)19(23)20(12-6-7-13-20)18-10-4-3-5-11-18/h2-5,10-11,17,21H,1,6-9,12-16H2. The number of hydrogen-bond donors (Lipinski definition) is 1. The van der Waals surface area contributed by atoms with Crippen LogP contribution in [0.5, 0.6) is 0 Å². The van der Waals surface area contributed by atoms with Gasteiger partial charge in [-0.25, -0.2) is 13.1 Å². The first-order valence-electron chi connectivity index (χ1n) is 9.44. The zero-order valence-electron chi connectivity index (χ0n) is 15.2. The molecule has 1 aliphatic heterocycles. The van der Waals surface area contributed by atoms with Gasteiger partial charge in [0, 0.05) is 25.0 Å². The fraction of sp³-hybridized carbons (Fsp3) is 0.550. The lowest BCUT2D eigenvalue weighted by Crippen LogP contribution is -2.50. The number of piperidine rings is 1. The van der Waals surface area contributed by atoms with Gasteiger partial charge >= 0.3 is 0 Å². The summed E-state index contributed by atoms with van der Waals surface area (Å²) >= 11 is 0. The van der Waals surface area contributed by atoms with Crippen LogP contribution in [0, 0.1) is 5.92 Å². The van der Waals surface area contributed by atoms with E-state index in [1.54, 1.807) is 0 Å². The number of nitrogens with zero attached hydrogens (tertiary/aromatic N) is 1. The third-order valence-electron chi connectivity index (χ3n) is 5.79. The molecule has 1 saturated heterocycles. The lowest BCUT2D eigenvalue weighted by Gasteiger charge is -2.39. The molecule has 1 amide bonds. The van der Waals surface area contributed by atoms with E-state index in [1.807, 2.05) is 23.1 Å². The Balaban J connectivity index is 1.72. The normalized spacial score (nSPS) is 22.9. The first-order chi connectivity index (χ1) is 12.5. The molecule has 1 aliphatic carbocycles. The van der Waals surface area contributed by atoms with Gasteiger partial charge in [-0.2, -0.15) is 0 Å². The van der Waals surface area contributed by atoms with Crippen molar-refractivity contribution in [2.45, 2.75) is 43.9 Å². The van der Waals surface area contributed by atoms with E-state index in [0.29, 0.717) is 13.1 Å². The molecule has 1 saturated carbocycles. The topological polar surface area (TPSA) is 66.5 Å². The monoisotopic (exact) mass is 376 g/mol. The molecule has 0 bridgehead atoms. The van der Waals surface area contributed by atoms with Crippen molar-refractivity contribution in [2.24, 2.45) is 5.92 Å². The van der Waals surface area contributed by atoms with Gasteiger partial charge in [-0.1, -0.05) is 49.8 Å². The molecule has 1 unspecified atom stereocenters. The molecule has 0 radical (unpaired) electrons. The zero-order chi connectivity index (χ0) is 18.6. The number of hydrogen-bond acceptors (Lipinski definition) is 3. The Kier molecular flexibility index (Phi) is 5.82. The summed E-state index contributed by atoms with van der Waals surface area (Å²) in [5, 5.41) is 0.932. The van der Waals surface area contributed by atoms with Gasteiger partial charge in [-0.05, 0) is 37.2 Å². The minimum atomic E-state index is -3.42. The van der Waals surface area contributed by atoms with Crippen molar-refractivity contribution in [3.8, 4) is 0 Å². The Bertz CT molecular complexity index is 740. The number of carbonyl (C=O) groups excluding carboxylic acids is 1. The summed E-state index contributed by atoms with van der Waals surface area (Å²) in [7, 11) is -3.42. The number of sulfonamides is 1. The summed E-state index contributed by atoms with van der Waals surface area (Å²) < 4.78 is 25.8. The highest BCUT2D eigenvalue weighted by molar-refractivity contribution is 7.92. The first kappa shape index (κ1) is 19.1. The Morgan fingerprint density at radius 2 is 1.92 bits per heavy atom. The average Bonchev–Trinajstić information content (AvgIpc) is 3.18. The van der Waals surface area contributed by atoms with Crippen LogP contribution in [0.1, 0.15) is 44.1 Å². The smallest absolute Gasteiger partial charge is 0.233 e. The Morgan fingerprint density at radius 1 is 1.23 bits per heavy atom. The van der Waals surface area contributed by atoms with Gasteiger partial charge in [-0.15, -0.1) is 0 Å². The van der Waals surface area contributed by atoms with Crippen molar-refractivity contribution in [1.82, 2.24) is 9.62 Å². The second-order valence-electron chi connectivity index (χ2n) is 7.47. The van der Waals surface area contributed by atoms with E-state index in [2.05, 4.69) is 23.4 Å². The molecule has 1 aromatic carbocycles. The second kappa shape index (κ2) is 7.92. The third-order valence-corrected chi connectivity index (χ3v) is 6.80. The molecule has 5 nitrogen and oxygen atoms in total. The average molecular weight is 377 g/mol. The minimum Gasteiger partial charge on any atom is -0.342 e. The molecule has 1 heterocycles.